The van der Waals surface area contributed by atoms with Crippen molar-refractivity contribution in [1.82, 2.24) is 14.7 Å². The highest BCUT2D eigenvalue weighted by Crippen LogP contribution is 2.38. The van der Waals surface area contributed by atoms with Crippen LogP contribution in [-0.4, -0.2) is 83.6 Å². The Kier molecular flexibility index (Phi) is 8.81. The normalized spacial score (nSPS) is 20.1. The number of fused-ring (bicyclic) bond motifs is 1. The molecule has 4 rings (SSSR count). The van der Waals surface area contributed by atoms with Gasteiger partial charge < -0.3 is 25.2 Å². The summed E-state index contributed by atoms with van der Waals surface area (Å²) in [5.74, 6) is -4.10. The Morgan fingerprint density at radius 3 is 2.36 bits per heavy atom. The van der Waals surface area contributed by atoms with E-state index in [2.05, 4.69) is 0 Å². The molecular formula is C29H33F5N4O4. The molecule has 2 unspecified atom stereocenters. The largest absolute Gasteiger partial charge is 0.406 e. The zero-order valence-electron chi connectivity index (χ0n) is 23.3. The van der Waals surface area contributed by atoms with Crippen molar-refractivity contribution in [3.05, 3.63) is 71.3 Å². The molecule has 2 N–H and O–H groups in total. The summed E-state index contributed by atoms with van der Waals surface area (Å²) >= 11 is 0. The van der Waals surface area contributed by atoms with Crippen molar-refractivity contribution in [1.29, 1.82) is 0 Å². The van der Waals surface area contributed by atoms with E-state index in [-0.39, 0.29) is 44.8 Å². The number of urea groups is 1. The van der Waals surface area contributed by atoms with Crippen LogP contribution in [0, 0.1) is 23.0 Å². The predicted octanol–water partition coefficient (Wildman–Crippen LogP) is 3.73. The second-order valence-corrected chi connectivity index (χ2v) is 11.4. The van der Waals surface area contributed by atoms with Gasteiger partial charge in [-0.1, -0.05) is 50.2 Å². The standard InChI is InChI=1S/C29H33F5N4O4/c1-27(2,25(35)40)22(15-42-14-19-6-4-3-5-7-19)24(39)36-10-11-38-26(41)37(18-29(32,33)34)17-28(38,16-36)13-20-8-9-21(30)12-23(20)31/h3-9,12,22H,10-11,13-18H2,1-2H3,(H2,35,40). The van der Waals surface area contributed by atoms with E-state index in [9.17, 15) is 36.3 Å². The average Bonchev–Trinajstić information content (AvgIpc) is 3.17. The number of carbonyl (C=O) groups excluding carboxylic acids is 3. The fraction of sp³-hybridized carbons (Fsp3) is 0.483. The summed E-state index contributed by atoms with van der Waals surface area (Å²) in [4.78, 5) is 42.7. The molecule has 0 saturated carbocycles. The molecule has 42 heavy (non-hydrogen) atoms. The lowest BCUT2D eigenvalue weighted by molar-refractivity contribution is -0.152. The van der Waals surface area contributed by atoms with E-state index in [1.54, 1.807) is 0 Å². The Hall–Kier alpha value is -3.74. The quantitative estimate of drug-likeness (QED) is 0.423. The van der Waals surface area contributed by atoms with Crippen molar-refractivity contribution >= 4 is 17.8 Å². The third-order valence-electron chi connectivity index (χ3n) is 8.05. The number of nitrogens with two attached hydrogens (primary N) is 1. The molecule has 2 aromatic rings. The van der Waals surface area contributed by atoms with Gasteiger partial charge in [-0.05, 0) is 17.2 Å². The third-order valence-corrected chi connectivity index (χ3v) is 8.05. The number of primary amides is 1. The lowest BCUT2D eigenvalue weighted by Crippen LogP contribution is -2.65. The highest BCUT2D eigenvalue weighted by atomic mass is 19.4. The van der Waals surface area contributed by atoms with Crippen LogP contribution in [0.1, 0.15) is 25.0 Å². The number of amides is 4. The minimum absolute atomic E-state index is 0.0161. The van der Waals surface area contributed by atoms with Gasteiger partial charge in [-0.15, -0.1) is 0 Å². The van der Waals surface area contributed by atoms with Gasteiger partial charge in [0, 0.05) is 38.7 Å². The van der Waals surface area contributed by atoms with Crippen molar-refractivity contribution in [2.45, 2.75) is 38.6 Å². The van der Waals surface area contributed by atoms with Gasteiger partial charge in [0.05, 0.1) is 30.1 Å². The Morgan fingerprint density at radius 2 is 1.74 bits per heavy atom. The Bertz CT molecular complexity index is 1320. The maximum Gasteiger partial charge on any atom is 0.406 e. The second kappa shape index (κ2) is 11.9. The molecule has 8 nitrogen and oxygen atoms in total. The van der Waals surface area contributed by atoms with Crippen molar-refractivity contribution in [3.8, 4) is 0 Å². The number of hydrogen-bond donors (Lipinski definition) is 1. The van der Waals surface area contributed by atoms with E-state index in [0.29, 0.717) is 11.0 Å². The number of nitrogens with zero attached hydrogens (tertiary/aromatic N) is 3. The number of benzene rings is 2. The van der Waals surface area contributed by atoms with Crippen LogP contribution in [0.15, 0.2) is 48.5 Å². The van der Waals surface area contributed by atoms with Crippen molar-refractivity contribution in [2.75, 3.05) is 39.3 Å². The summed E-state index contributed by atoms with van der Waals surface area (Å²) in [6, 6.07) is 11.1. The van der Waals surface area contributed by atoms with Crippen molar-refractivity contribution in [2.24, 2.45) is 17.1 Å². The number of rotatable bonds is 10. The maximum absolute atomic E-state index is 14.7. The fourth-order valence-electron chi connectivity index (χ4n) is 5.61. The molecular weight excluding hydrogens is 563 g/mol. The summed E-state index contributed by atoms with van der Waals surface area (Å²) in [6.45, 7) is 0.617. The fourth-order valence-corrected chi connectivity index (χ4v) is 5.61. The van der Waals surface area contributed by atoms with Gasteiger partial charge in [0.25, 0.3) is 0 Å². The summed E-state index contributed by atoms with van der Waals surface area (Å²) < 4.78 is 74.2. The maximum atomic E-state index is 14.7. The van der Waals surface area contributed by atoms with Gasteiger partial charge in [0.2, 0.25) is 11.8 Å². The van der Waals surface area contributed by atoms with Crippen molar-refractivity contribution < 1.29 is 41.1 Å². The molecule has 4 amide bonds. The van der Waals surface area contributed by atoms with E-state index in [1.807, 2.05) is 30.3 Å². The molecule has 228 valence electrons. The lowest BCUT2D eigenvalue weighted by atomic mass is 9.77. The Labute approximate surface area is 240 Å². The van der Waals surface area contributed by atoms with Crippen LogP contribution >= 0.6 is 0 Å². The van der Waals surface area contributed by atoms with E-state index in [1.165, 1.54) is 29.7 Å². The molecule has 0 radical (unpaired) electrons. The second-order valence-electron chi connectivity index (χ2n) is 11.4. The Morgan fingerprint density at radius 1 is 1.05 bits per heavy atom. The van der Waals surface area contributed by atoms with Gasteiger partial charge in [-0.2, -0.15) is 13.2 Å². The lowest BCUT2D eigenvalue weighted by Gasteiger charge is -2.47. The monoisotopic (exact) mass is 596 g/mol. The summed E-state index contributed by atoms with van der Waals surface area (Å²) in [7, 11) is 0. The first-order chi connectivity index (χ1) is 19.6. The summed E-state index contributed by atoms with van der Waals surface area (Å²) in [6.07, 6.45) is -4.95. The minimum Gasteiger partial charge on any atom is -0.376 e. The van der Waals surface area contributed by atoms with Gasteiger partial charge in [0.1, 0.15) is 18.2 Å². The first-order valence-corrected chi connectivity index (χ1v) is 13.4. The smallest absolute Gasteiger partial charge is 0.376 e. The average molecular weight is 597 g/mol. The topological polar surface area (TPSA) is 96.2 Å². The van der Waals surface area contributed by atoms with E-state index >= 15 is 0 Å². The molecule has 2 atom stereocenters. The molecule has 0 spiro atoms. The van der Waals surface area contributed by atoms with Gasteiger partial charge in [0.15, 0.2) is 0 Å². The SMILES string of the molecule is CC(C)(C(N)=O)C(COCc1ccccc1)C(=O)N1CCN2C(=O)N(CC(F)(F)F)CC2(Cc2ccc(F)cc2F)C1. The molecule has 2 aliphatic rings. The van der Waals surface area contributed by atoms with Crippen LogP contribution in [0.2, 0.25) is 0 Å². The number of carbonyl (C=O) groups is 3. The van der Waals surface area contributed by atoms with Gasteiger partial charge in [-0.25, -0.2) is 13.6 Å². The molecule has 2 aliphatic heterocycles. The predicted molar refractivity (Wildman–Crippen MR) is 142 cm³/mol. The first kappa shape index (κ1) is 31.2. The summed E-state index contributed by atoms with van der Waals surface area (Å²) in [5, 5.41) is 0. The molecule has 2 heterocycles. The minimum atomic E-state index is -4.69. The number of alkyl halides is 3. The first-order valence-electron chi connectivity index (χ1n) is 13.4. The van der Waals surface area contributed by atoms with Gasteiger partial charge >= 0.3 is 12.2 Å². The number of halogens is 5. The molecule has 0 aliphatic carbocycles. The number of hydrogen-bond acceptors (Lipinski definition) is 4. The van der Waals surface area contributed by atoms with Crippen LogP contribution in [0.4, 0.5) is 26.7 Å². The van der Waals surface area contributed by atoms with Crippen molar-refractivity contribution in [3.63, 3.8) is 0 Å². The van der Waals surface area contributed by atoms with E-state index < -0.39 is 65.6 Å². The number of piperazine rings is 1. The molecule has 0 aromatic heterocycles. The highest BCUT2D eigenvalue weighted by Gasteiger charge is 2.56. The van der Waals surface area contributed by atoms with Crippen LogP contribution < -0.4 is 5.73 Å². The Balaban J connectivity index is 1.63. The van der Waals surface area contributed by atoms with Crippen LogP contribution in [0.3, 0.4) is 0 Å². The highest BCUT2D eigenvalue weighted by molar-refractivity contribution is 5.90. The molecule has 2 saturated heterocycles. The summed E-state index contributed by atoms with van der Waals surface area (Å²) in [5.41, 5.74) is 3.67. The molecule has 2 fully saturated rings. The van der Waals surface area contributed by atoms with E-state index in [0.717, 1.165) is 11.6 Å². The van der Waals surface area contributed by atoms with Crippen LogP contribution in [-0.2, 0) is 27.4 Å². The zero-order valence-corrected chi connectivity index (χ0v) is 23.3. The van der Waals surface area contributed by atoms with Crippen LogP contribution in [0.5, 0.6) is 0 Å². The molecule has 0 bridgehead atoms. The third kappa shape index (κ3) is 6.66. The van der Waals surface area contributed by atoms with Crippen LogP contribution in [0.25, 0.3) is 0 Å². The zero-order chi connectivity index (χ0) is 30.9. The van der Waals surface area contributed by atoms with E-state index in [4.69, 9.17) is 10.5 Å². The number of ether oxygens (including phenoxy) is 1. The van der Waals surface area contributed by atoms with Gasteiger partial charge in [-0.3, -0.25) is 9.59 Å². The molecule has 2 aromatic carbocycles. The molecule has 13 heteroatoms.